The van der Waals surface area contributed by atoms with Gasteiger partial charge in [-0.1, -0.05) is 29.3 Å². The molecule has 2 aliphatic heterocycles. The van der Waals surface area contributed by atoms with Crippen LogP contribution in [0, 0.1) is 6.92 Å². The molecule has 4 rings (SSSR count). The second-order valence-electron chi connectivity index (χ2n) is 5.57. The third kappa shape index (κ3) is 2.12. The number of thiazole rings is 1. The molecule has 0 amide bonds. The first-order valence-corrected chi connectivity index (χ1v) is 8.09. The summed E-state index contributed by atoms with van der Waals surface area (Å²) in [5, 5.41) is 3.48. The number of nitrogens with one attached hydrogen (secondary N) is 1. The minimum Gasteiger partial charge on any atom is -0.302 e. The van der Waals surface area contributed by atoms with Crippen molar-refractivity contribution in [1.82, 2.24) is 15.2 Å². The van der Waals surface area contributed by atoms with Gasteiger partial charge >= 0.3 is 0 Å². The van der Waals surface area contributed by atoms with Crippen molar-refractivity contribution in [2.24, 2.45) is 4.99 Å². The number of nitrogens with zero attached hydrogens (tertiary/aromatic N) is 3. The Labute approximate surface area is 132 Å². The van der Waals surface area contributed by atoms with Crippen LogP contribution < -0.4 is 5.32 Å². The maximum atomic E-state index is 5.95. The lowest BCUT2D eigenvalue weighted by Crippen LogP contribution is -2.42. The normalized spacial score (nSPS) is 24.1. The van der Waals surface area contributed by atoms with Gasteiger partial charge in [0.25, 0.3) is 0 Å². The van der Waals surface area contributed by atoms with Crippen LogP contribution in [-0.4, -0.2) is 29.3 Å². The molecule has 1 fully saturated rings. The molecule has 3 heterocycles. The van der Waals surface area contributed by atoms with Crippen molar-refractivity contribution >= 4 is 34.8 Å². The second kappa shape index (κ2) is 4.88. The lowest BCUT2D eigenvalue weighted by Gasteiger charge is -2.32. The summed E-state index contributed by atoms with van der Waals surface area (Å²) in [6, 6.07) is 6.48. The third-order valence-corrected chi connectivity index (χ3v) is 5.27. The molecule has 0 bridgehead atoms. The summed E-state index contributed by atoms with van der Waals surface area (Å²) in [6.45, 7) is 4.69. The minimum atomic E-state index is -0.141. The van der Waals surface area contributed by atoms with Crippen LogP contribution >= 0.6 is 22.9 Å². The van der Waals surface area contributed by atoms with Crippen molar-refractivity contribution in [3.8, 4) is 0 Å². The van der Waals surface area contributed by atoms with E-state index >= 15 is 0 Å². The molecule has 0 aliphatic carbocycles. The molecule has 4 nitrogen and oxygen atoms in total. The molecule has 1 atom stereocenters. The Morgan fingerprint density at radius 1 is 1.48 bits per heavy atom. The van der Waals surface area contributed by atoms with E-state index < -0.39 is 0 Å². The maximum absolute atomic E-state index is 5.95. The fourth-order valence-electron chi connectivity index (χ4n) is 3.12. The average molecular weight is 319 g/mol. The zero-order valence-corrected chi connectivity index (χ0v) is 13.2. The van der Waals surface area contributed by atoms with Crippen LogP contribution in [0.2, 0.25) is 4.47 Å². The van der Waals surface area contributed by atoms with Crippen LogP contribution in [0.5, 0.6) is 0 Å². The van der Waals surface area contributed by atoms with Crippen molar-refractivity contribution in [2.45, 2.75) is 19.0 Å². The zero-order valence-electron chi connectivity index (χ0n) is 11.6. The monoisotopic (exact) mass is 318 g/mol. The van der Waals surface area contributed by atoms with Crippen LogP contribution in [0.4, 0.5) is 5.69 Å². The number of fused-ring (bicyclic) bond motifs is 2. The number of aromatic nitrogens is 1. The van der Waals surface area contributed by atoms with E-state index in [1.54, 1.807) is 11.3 Å². The average Bonchev–Trinajstić information content (AvgIpc) is 3.14. The summed E-state index contributed by atoms with van der Waals surface area (Å²) in [5.41, 5.74) is 3.50. The van der Waals surface area contributed by atoms with Gasteiger partial charge < -0.3 is 5.32 Å². The molecule has 108 valence electrons. The zero-order chi connectivity index (χ0) is 14.4. The summed E-state index contributed by atoms with van der Waals surface area (Å²) >= 11 is 7.49. The first kappa shape index (κ1) is 13.4. The highest BCUT2D eigenvalue weighted by molar-refractivity contribution is 7.15. The van der Waals surface area contributed by atoms with Crippen molar-refractivity contribution in [3.05, 3.63) is 44.9 Å². The smallest absolute Gasteiger partial charge is 0.183 e. The van der Waals surface area contributed by atoms with Gasteiger partial charge in [0, 0.05) is 42.6 Å². The lowest BCUT2D eigenvalue weighted by atomic mass is 9.90. The number of benzene rings is 1. The predicted octanol–water partition coefficient (Wildman–Crippen LogP) is 3.08. The van der Waals surface area contributed by atoms with E-state index in [-0.39, 0.29) is 5.54 Å². The van der Waals surface area contributed by atoms with Gasteiger partial charge in [-0.2, -0.15) is 0 Å². The summed E-state index contributed by atoms with van der Waals surface area (Å²) in [4.78, 5) is 12.3. The van der Waals surface area contributed by atoms with E-state index in [4.69, 9.17) is 11.6 Å². The largest absolute Gasteiger partial charge is 0.302 e. The van der Waals surface area contributed by atoms with Gasteiger partial charge in [-0.05, 0) is 13.0 Å². The van der Waals surface area contributed by atoms with E-state index in [9.17, 15) is 0 Å². The number of hydrogen-bond donors (Lipinski definition) is 1. The molecule has 1 aromatic heterocycles. The molecule has 1 saturated heterocycles. The SMILES string of the molecule is Cc1ccc2c(c1)[C@]1(C=N2)CNCN1Cc1cnc(Cl)s1. The van der Waals surface area contributed by atoms with Crippen LogP contribution in [0.3, 0.4) is 0 Å². The molecule has 0 radical (unpaired) electrons. The highest BCUT2D eigenvalue weighted by Gasteiger charge is 2.45. The molecule has 2 aromatic rings. The van der Waals surface area contributed by atoms with Gasteiger partial charge in [0.15, 0.2) is 4.47 Å². The number of halogens is 1. The van der Waals surface area contributed by atoms with Gasteiger partial charge in [0.1, 0.15) is 0 Å². The van der Waals surface area contributed by atoms with Crippen LogP contribution in [0.25, 0.3) is 0 Å². The topological polar surface area (TPSA) is 40.5 Å². The van der Waals surface area contributed by atoms with E-state index in [0.29, 0.717) is 4.47 Å². The van der Waals surface area contributed by atoms with Crippen molar-refractivity contribution in [2.75, 3.05) is 13.2 Å². The maximum Gasteiger partial charge on any atom is 0.183 e. The summed E-state index contributed by atoms with van der Waals surface area (Å²) in [7, 11) is 0. The fraction of sp³-hybridized carbons (Fsp3) is 0.333. The predicted molar refractivity (Wildman–Crippen MR) is 86.5 cm³/mol. The Bertz CT molecular complexity index is 726. The van der Waals surface area contributed by atoms with Crippen LogP contribution in [-0.2, 0) is 12.1 Å². The second-order valence-corrected chi connectivity index (χ2v) is 7.26. The molecule has 0 saturated carbocycles. The standard InChI is InChI=1S/C15H15ClN4S/c1-10-2-3-13-12(4-10)15(8-19-13)7-17-9-20(15)6-11-5-18-14(16)21-11/h2-5,8,17H,6-7,9H2,1H3/t15-/m1/s1. The van der Waals surface area contributed by atoms with Gasteiger partial charge in [-0.3, -0.25) is 9.89 Å². The van der Waals surface area contributed by atoms with Crippen molar-refractivity contribution < 1.29 is 0 Å². The molecule has 0 unspecified atom stereocenters. The lowest BCUT2D eigenvalue weighted by molar-refractivity contribution is 0.212. The quantitative estimate of drug-likeness (QED) is 0.925. The summed E-state index contributed by atoms with van der Waals surface area (Å²) < 4.78 is 0.600. The first-order chi connectivity index (χ1) is 10.2. The molecule has 1 spiro atoms. The number of aryl methyl sites for hydroxylation is 1. The molecule has 1 N–H and O–H groups in total. The number of aliphatic imine (C=N–C) groups is 1. The van der Waals surface area contributed by atoms with Crippen molar-refractivity contribution in [1.29, 1.82) is 0 Å². The van der Waals surface area contributed by atoms with Gasteiger partial charge in [0.2, 0.25) is 0 Å². The Hall–Kier alpha value is -1.27. The van der Waals surface area contributed by atoms with E-state index in [2.05, 4.69) is 51.5 Å². The minimum absolute atomic E-state index is 0.141. The molecule has 2 aliphatic rings. The highest BCUT2D eigenvalue weighted by Crippen LogP contribution is 2.42. The summed E-state index contributed by atoms with van der Waals surface area (Å²) in [5.74, 6) is 0. The van der Waals surface area contributed by atoms with E-state index in [1.807, 2.05) is 6.20 Å². The Kier molecular flexibility index (Phi) is 3.11. The highest BCUT2D eigenvalue weighted by atomic mass is 35.5. The molecule has 6 heteroatoms. The Morgan fingerprint density at radius 2 is 2.38 bits per heavy atom. The molecular formula is C15H15ClN4S. The first-order valence-electron chi connectivity index (χ1n) is 6.90. The molecule has 21 heavy (non-hydrogen) atoms. The van der Waals surface area contributed by atoms with Crippen molar-refractivity contribution in [3.63, 3.8) is 0 Å². The summed E-state index contributed by atoms with van der Waals surface area (Å²) in [6.07, 6.45) is 3.95. The van der Waals surface area contributed by atoms with Crippen LogP contribution in [0.15, 0.2) is 29.4 Å². The molecule has 1 aromatic carbocycles. The van der Waals surface area contributed by atoms with Gasteiger partial charge in [-0.25, -0.2) is 4.98 Å². The van der Waals surface area contributed by atoms with Crippen LogP contribution in [0.1, 0.15) is 16.0 Å². The fourth-order valence-corrected chi connectivity index (χ4v) is 4.12. The number of rotatable bonds is 2. The molecular weight excluding hydrogens is 304 g/mol. The Morgan fingerprint density at radius 3 is 3.19 bits per heavy atom. The Balaban J connectivity index is 1.71. The number of hydrogen-bond acceptors (Lipinski definition) is 5. The van der Waals surface area contributed by atoms with E-state index in [1.165, 1.54) is 16.0 Å². The van der Waals surface area contributed by atoms with E-state index in [0.717, 1.165) is 25.4 Å². The van der Waals surface area contributed by atoms with Gasteiger partial charge in [-0.15, -0.1) is 11.3 Å². The third-order valence-electron chi connectivity index (χ3n) is 4.17. The van der Waals surface area contributed by atoms with Gasteiger partial charge in [0.05, 0.1) is 11.2 Å².